The van der Waals surface area contributed by atoms with E-state index in [1.165, 1.54) is 11.8 Å². The van der Waals surface area contributed by atoms with Gasteiger partial charge in [-0.3, -0.25) is 4.99 Å². The summed E-state index contributed by atoms with van der Waals surface area (Å²) >= 11 is 0. The number of nitrogens with one attached hydrogen (secondary N) is 2. The lowest BCUT2D eigenvalue weighted by Crippen LogP contribution is -2.53. The SMILES string of the molecule is CN=C(NCC(C)(C)NS(C)(=O)=O)N1CCC(Cc2ccccc2)C1.I. The van der Waals surface area contributed by atoms with E-state index in [-0.39, 0.29) is 24.0 Å². The Bertz CT molecular complexity index is 692. The molecule has 0 saturated carbocycles. The lowest BCUT2D eigenvalue weighted by atomic mass is 9.99. The second kappa shape index (κ2) is 9.89. The quantitative estimate of drug-likeness (QED) is 0.361. The highest BCUT2D eigenvalue weighted by molar-refractivity contribution is 14.0. The number of halogens is 1. The van der Waals surface area contributed by atoms with Gasteiger partial charge in [0.2, 0.25) is 10.0 Å². The minimum atomic E-state index is -3.24. The summed E-state index contributed by atoms with van der Waals surface area (Å²) in [4.78, 5) is 6.62. The van der Waals surface area contributed by atoms with Crippen LogP contribution >= 0.6 is 24.0 Å². The van der Waals surface area contributed by atoms with Gasteiger partial charge in [0.05, 0.1) is 6.26 Å². The van der Waals surface area contributed by atoms with Gasteiger partial charge in [-0.2, -0.15) is 0 Å². The van der Waals surface area contributed by atoms with Crippen LogP contribution in [0.25, 0.3) is 0 Å². The molecule has 0 spiro atoms. The second-order valence-corrected chi connectivity index (χ2v) is 9.20. The van der Waals surface area contributed by atoms with Crippen LogP contribution in [0.2, 0.25) is 0 Å². The van der Waals surface area contributed by atoms with Crippen molar-refractivity contribution in [2.24, 2.45) is 10.9 Å². The molecule has 1 saturated heterocycles. The largest absolute Gasteiger partial charge is 0.354 e. The number of guanidine groups is 1. The van der Waals surface area contributed by atoms with Gasteiger partial charge in [-0.15, -0.1) is 24.0 Å². The minimum absolute atomic E-state index is 0. The number of rotatable bonds is 6. The number of hydrogen-bond acceptors (Lipinski definition) is 3. The van der Waals surface area contributed by atoms with Gasteiger partial charge in [0.15, 0.2) is 5.96 Å². The average molecular weight is 494 g/mol. The van der Waals surface area contributed by atoms with E-state index in [0.29, 0.717) is 12.5 Å². The Morgan fingerprint density at radius 2 is 1.96 bits per heavy atom. The molecule has 1 aromatic rings. The first-order valence-corrected chi connectivity index (χ1v) is 10.6. The molecular formula is C18H31IN4O2S. The number of benzene rings is 1. The van der Waals surface area contributed by atoms with Crippen molar-refractivity contribution in [1.29, 1.82) is 0 Å². The van der Waals surface area contributed by atoms with Crippen LogP contribution in [0, 0.1) is 5.92 Å². The molecule has 1 heterocycles. The second-order valence-electron chi connectivity index (χ2n) is 7.45. The molecule has 0 aliphatic carbocycles. The van der Waals surface area contributed by atoms with Gasteiger partial charge in [-0.05, 0) is 38.2 Å². The first-order chi connectivity index (χ1) is 11.7. The van der Waals surface area contributed by atoms with Crippen molar-refractivity contribution in [2.45, 2.75) is 32.2 Å². The molecule has 148 valence electrons. The van der Waals surface area contributed by atoms with Crippen molar-refractivity contribution in [3.05, 3.63) is 35.9 Å². The van der Waals surface area contributed by atoms with Crippen LogP contribution in [-0.4, -0.2) is 57.8 Å². The number of hydrogen-bond donors (Lipinski definition) is 2. The van der Waals surface area contributed by atoms with Crippen LogP contribution in [-0.2, 0) is 16.4 Å². The molecule has 2 rings (SSSR count). The van der Waals surface area contributed by atoms with Gasteiger partial charge in [0.1, 0.15) is 0 Å². The predicted molar refractivity (Wildman–Crippen MR) is 119 cm³/mol. The van der Waals surface area contributed by atoms with E-state index in [0.717, 1.165) is 31.9 Å². The predicted octanol–water partition coefficient (Wildman–Crippen LogP) is 2.07. The van der Waals surface area contributed by atoms with Crippen molar-refractivity contribution in [3.63, 3.8) is 0 Å². The highest BCUT2D eigenvalue weighted by Gasteiger charge is 2.27. The standard InChI is InChI=1S/C18H30N4O2S.HI/c1-18(2,21-25(4,23)24)14-20-17(19-3)22-11-10-16(13-22)12-15-8-6-5-7-9-15;/h5-9,16,21H,10-14H2,1-4H3,(H,19,20);1H. The summed E-state index contributed by atoms with van der Waals surface area (Å²) in [5, 5.41) is 3.31. The Morgan fingerprint density at radius 1 is 1.31 bits per heavy atom. The molecule has 2 N–H and O–H groups in total. The Morgan fingerprint density at radius 3 is 2.54 bits per heavy atom. The Kier molecular flexibility index (Phi) is 8.81. The van der Waals surface area contributed by atoms with E-state index in [1.807, 2.05) is 19.9 Å². The van der Waals surface area contributed by atoms with E-state index in [9.17, 15) is 8.42 Å². The Balaban J connectivity index is 0.00000338. The van der Waals surface area contributed by atoms with Crippen LogP contribution < -0.4 is 10.0 Å². The fraction of sp³-hybridized carbons (Fsp3) is 0.611. The number of sulfonamides is 1. The molecule has 1 aliphatic rings. The summed E-state index contributed by atoms with van der Waals surface area (Å²) < 4.78 is 25.6. The van der Waals surface area contributed by atoms with Crippen molar-refractivity contribution in [2.75, 3.05) is 32.9 Å². The molecule has 1 aromatic carbocycles. The van der Waals surface area contributed by atoms with E-state index in [1.54, 1.807) is 7.05 Å². The van der Waals surface area contributed by atoms with Crippen molar-refractivity contribution >= 4 is 40.0 Å². The molecule has 0 aromatic heterocycles. The van der Waals surface area contributed by atoms with E-state index in [2.05, 4.69) is 44.2 Å². The summed E-state index contributed by atoms with van der Waals surface area (Å²) in [7, 11) is -1.47. The van der Waals surface area contributed by atoms with E-state index in [4.69, 9.17) is 0 Å². The molecule has 8 heteroatoms. The zero-order valence-electron chi connectivity index (χ0n) is 16.0. The number of aliphatic imine (C=N–C) groups is 1. The van der Waals surface area contributed by atoms with E-state index >= 15 is 0 Å². The Hall–Kier alpha value is -0.870. The van der Waals surface area contributed by atoms with Crippen LogP contribution in [0.3, 0.4) is 0 Å². The van der Waals surface area contributed by atoms with Crippen LogP contribution in [0.15, 0.2) is 35.3 Å². The van der Waals surface area contributed by atoms with Gasteiger partial charge >= 0.3 is 0 Å². The van der Waals surface area contributed by atoms with Crippen LogP contribution in [0.4, 0.5) is 0 Å². The highest BCUT2D eigenvalue weighted by atomic mass is 127. The van der Waals surface area contributed by atoms with Gasteiger partial charge in [-0.1, -0.05) is 30.3 Å². The molecule has 0 amide bonds. The van der Waals surface area contributed by atoms with Gasteiger partial charge in [0.25, 0.3) is 0 Å². The molecule has 0 bridgehead atoms. The highest BCUT2D eigenvalue weighted by Crippen LogP contribution is 2.21. The lowest BCUT2D eigenvalue weighted by molar-refractivity contribution is 0.419. The van der Waals surface area contributed by atoms with Crippen LogP contribution in [0.5, 0.6) is 0 Å². The van der Waals surface area contributed by atoms with Crippen molar-refractivity contribution in [1.82, 2.24) is 14.9 Å². The fourth-order valence-electron chi connectivity index (χ4n) is 3.31. The third-order valence-electron chi connectivity index (χ3n) is 4.31. The summed E-state index contributed by atoms with van der Waals surface area (Å²) in [5.41, 5.74) is 0.794. The lowest BCUT2D eigenvalue weighted by Gasteiger charge is -2.29. The molecule has 1 fully saturated rings. The Labute approximate surface area is 174 Å². The van der Waals surface area contributed by atoms with Gasteiger partial charge in [0, 0.05) is 32.2 Å². The normalized spacial score (nSPS) is 18.5. The zero-order valence-corrected chi connectivity index (χ0v) is 19.2. The summed E-state index contributed by atoms with van der Waals surface area (Å²) in [5.74, 6) is 1.45. The molecule has 1 unspecified atom stereocenters. The van der Waals surface area contributed by atoms with Gasteiger partial charge in [-0.25, -0.2) is 13.1 Å². The molecule has 0 radical (unpaired) electrons. The number of likely N-dealkylation sites (tertiary alicyclic amines) is 1. The third-order valence-corrected chi connectivity index (χ3v) is 5.24. The van der Waals surface area contributed by atoms with Gasteiger partial charge < -0.3 is 10.2 Å². The molecule has 1 atom stereocenters. The monoisotopic (exact) mass is 494 g/mol. The minimum Gasteiger partial charge on any atom is -0.354 e. The van der Waals surface area contributed by atoms with Crippen molar-refractivity contribution < 1.29 is 8.42 Å². The maximum Gasteiger partial charge on any atom is 0.209 e. The first-order valence-electron chi connectivity index (χ1n) is 8.67. The smallest absolute Gasteiger partial charge is 0.209 e. The zero-order chi connectivity index (χ0) is 18.5. The number of nitrogens with zero attached hydrogens (tertiary/aromatic N) is 2. The maximum absolute atomic E-state index is 11.5. The fourth-order valence-corrected chi connectivity index (χ4v) is 4.39. The average Bonchev–Trinajstić information content (AvgIpc) is 2.95. The van der Waals surface area contributed by atoms with Crippen LogP contribution in [0.1, 0.15) is 25.8 Å². The van der Waals surface area contributed by atoms with E-state index < -0.39 is 15.6 Å². The molecular weight excluding hydrogens is 463 g/mol. The first kappa shape index (κ1) is 23.2. The summed E-state index contributed by atoms with van der Waals surface area (Å²) in [6, 6.07) is 10.6. The topological polar surface area (TPSA) is 73.8 Å². The molecule has 26 heavy (non-hydrogen) atoms. The third kappa shape index (κ3) is 7.79. The molecule has 6 nitrogen and oxygen atoms in total. The van der Waals surface area contributed by atoms with Crippen molar-refractivity contribution in [3.8, 4) is 0 Å². The maximum atomic E-state index is 11.5. The summed E-state index contributed by atoms with van der Waals surface area (Å²) in [6.07, 6.45) is 3.40. The summed E-state index contributed by atoms with van der Waals surface area (Å²) in [6.45, 7) is 6.13. The molecule has 1 aliphatic heterocycles.